The summed E-state index contributed by atoms with van der Waals surface area (Å²) in [6.45, 7) is 3.35. The van der Waals surface area contributed by atoms with Crippen LogP contribution >= 0.6 is 11.6 Å². The van der Waals surface area contributed by atoms with Gasteiger partial charge in [-0.1, -0.05) is 11.6 Å². The zero-order chi connectivity index (χ0) is 12.7. The number of terminal acetylenes is 1. The first kappa shape index (κ1) is 13.7. The van der Waals surface area contributed by atoms with Crippen LogP contribution in [-0.4, -0.2) is 17.0 Å². The number of carbonyl (C=O) groups is 1. The van der Waals surface area contributed by atoms with Crippen molar-refractivity contribution in [3.8, 4) is 12.3 Å². The van der Waals surface area contributed by atoms with Gasteiger partial charge in [-0.25, -0.2) is 0 Å². The number of carbonyl (C=O) groups excluding carboxylic acids is 1. The lowest BCUT2D eigenvalue weighted by Gasteiger charge is -2.07. The van der Waals surface area contributed by atoms with Crippen LogP contribution in [0.25, 0.3) is 0 Å². The van der Waals surface area contributed by atoms with Crippen LogP contribution < -0.4 is 5.32 Å². The van der Waals surface area contributed by atoms with Crippen molar-refractivity contribution in [2.24, 2.45) is 0 Å². The molecule has 1 aromatic rings. The second-order valence-electron chi connectivity index (χ2n) is 3.75. The minimum absolute atomic E-state index is 0.0838. The minimum Gasteiger partial charge on any atom is -0.351 e. The lowest BCUT2D eigenvalue weighted by Crippen LogP contribution is -2.26. The number of aryl methyl sites for hydroxylation is 1. The van der Waals surface area contributed by atoms with Gasteiger partial charge in [-0.15, -0.1) is 12.3 Å². The fourth-order valence-corrected chi connectivity index (χ4v) is 1.79. The maximum Gasteiger partial charge on any atom is 0.267 e. The summed E-state index contributed by atoms with van der Waals surface area (Å²) < 4.78 is 1.83. The third-order valence-corrected chi connectivity index (χ3v) is 2.68. The maximum atomic E-state index is 11.8. The third kappa shape index (κ3) is 4.16. The summed E-state index contributed by atoms with van der Waals surface area (Å²) in [4.78, 5) is 11.8. The Kier molecular flexibility index (Phi) is 5.65. The highest BCUT2D eigenvalue weighted by atomic mass is 35.5. The molecule has 0 aliphatic carbocycles. The van der Waals surface area contributed by atoms with E-state index in [1.807, 2.05) is 11.5 Å². The van der Waals surface area contributed by atoms with Gasteiger partial charge in [0.25, 0.3) is 5.91 Å². The van der Waals surface area contributed by atoms with Crippen LogP contribution in [0.3, 0.4) is 0 Å². The van der Waals surface area contributed by atoms with Gasteiger partial charge in [0.05, 0.1) is 5.02 Å². The van der Waals surface area contributed by atoms with Gasteiger partial charge < -0.3 is 9.88 Å². The van der Waals surface area contributed by atoms with Gasteiger partial charge in [0, 0.05) is 25.7 Å². The van der Waals surface area contributed by atoms with Gasteiger partial charge in [-0.2, -0.15) is 0 Å². The van der Waals surface area contributed by atoms with Gasteiger partial charge in [0.2, 0.25) is 0 Å². The predicted molar refractivity (Wildman–Crippen MR) is 70.1 cm³/mol. The van der Waals surface area contributed by atoms with E-state index in [1.54, 1.807) is 12.3 Å². The Morgan fingerprint density at radius 2 is 2.35 bits per heavy atom. The molecule has 0 bridgehead atoms. The van der Waals surface area contributed by atoms with Crippen molar-refractivity contribution in [2.75, 3.05) is 6.54 Å². The van der Waals surface area contributed by atoms with Crippen molar-refractivity contribution in [1.29, 1.82) is 0 Å². The lowest BCUT2D eigenvalue weighted by molar-refractivity contribution is 0.0944. The first-order chi connectivity index (χ1) is 8.19. The smallest absolute Gasteiger partial charge is 0.267 e. The highest BCUT2D eigenvalue weighted by molar-refractivity contribution is 6.31. The fraction of sp³-hybridized carbons (Fsp3) is 0.462. The van der Waals surface area contributed by atoms with E-state index in [0.29, 0.717) is 17.3 Å². The molecule has 0 spiro atoms. The van der Waals surface area contributed by atoms with E-state index in [4.69, 9.17) is 18.0 Å². The molecule has 0 aromatic carbocycles. The van der Waals surface area contributed by atoms with Crippen molar-refractivity contribution in [2.45, 2.75) is 32.7 Å². The van der Waals surface area contributed by atoms with E-state index in [-0.39, 0.29) is 5.91 Å². The number of hydrogen-bond acceptors (Lipinski definition) is 1. The Morgan fingerprint density at radius 3 is 3.00 bits per heavy atom. The normalized spacial score (nSPS) is 9.94. The first-order valence-electron chi connectivity index (χ1n) is 5.76. The van der Waals surface area contributed by atoms with Crippen molar-refractivity contribution in [3.05, 3.63) is 23.0 Å². The van der Waals surface area contributed by atoms with Gasteiger partial charge in [0.15, 0.2) is 0 Å². The number of amides is 1. The summed E-state index contributed by atoms with van der Waals surface area (Å²) in [6, 6.07) is 1.68. The van der Waals surface area contributed by atoms with Gasteiger partial charge in [-0.05, 0) is 25.8 Å². The highest BCUT2D eigenvalue weighted by Gasteiger charge is 2.11. The molecule has 4 heteroatoms. The quantitative estimate of drug-likeness (QED) is 0.613. The van der Waals surface area contributed by atoms with Gasteiger partial charge in [0.1, 0.15) is 5.69 Å². The molecule has 1 heterocycles. The molecule has 0 atom stereocenters. The molecule has 0 aliphatic heterocycles. The Balaban J connectivity index is 2.44. The first-order valence-corrected chi connectivity index (χ1v) is 6.14. The van der Waals surface area contributed by atoms with Crippen molar-refractivity contribution < 1.29 is 4.79 Å². The summed E-state index contributed by atoms with van der Waals surface area (Å²) in [5.74, 6) is 2.49. The molecule has 0 fully saturated rings. The molecule has 1 amide bonds. The zero-order valence-electron chi connectivity index (χ0n) is 10.0. The average Bonchev–Trinajstić information content (AvgIpc) is 2.70. The van der Waals surface area contributed by atoms with Crippen LogP contribution in [0, 0.1) is 12.3 Å². The molecule has 1 rings (SSSR count). The van der Waals surface area contributed by atoms with Gasteiger partial charge >= 0.3 is 0 Å². The Hall–Kier alpha value is -1.40. The SMILES string of the molecule is C#CCCCCNC(=O)c1cc(Cl)cn1CC. The van der Waals surface area contributed by atoms with E-state index < -0.39 is 0 Å². The number of hydrogen-bond donors (Lipinski definition) is 1. The fourth-order valence-electron chi connectivity index (χ4n) is 1.57. The number of halogens is 1. The number of nitrogens with one attached hydrogen (secondary N) is 1. The summed E-state index contributed by atoms with van der Waals surface area (Å²) in [7, 11) is 0. The number of rotatable bonds is 6. The number of unbranched alkanes of at least 4 members (excludes halogenated alkanes) is 2. The summed E-state index contributed by atoms with van der Waals surface area (Å²) in [5, 5.41) is 3.45. The monoisotopic (exact) mass is 252 g/mol. The third-order valence-electron chi connectivity index (χ3n) is 2.47. The Bertz CT molecular complexity index is 418. The van der Waals surface area contributed by atoms with Crippen LogP contribution in [0.4, 0.5) is 0 Å². The molecule has 1 aromatic heterocycles. The van der Waals surface area contributed by atoms with E-state index in [1.165, 1.54) is 0 Å². The van der Waals surface area contributed by atoms with Crippen molar-refractivity contribution in [1.82, 2.24) is 9.88 Å². The number of nitrogens with zero attached hydrogens (tertiary/aromatic N) is 1. The zero-order valence-corrected chi connectivity index (χ0v) is 10.8. The van der Waals surface area contributed by atoms with Crippen molar-refractivity contribution in [3.63, 3.8) is 0 Å². The topological polar surface area (TPSA) is 34.0 Å². The second-order valence-corrected chi connectivity index (χ2v) is 4.18. The average molecular weight is 253 g/mol. The van der Waals surface area contributed by atoms with Gasteiger partial charge in [-0.3, -0.25) is 4.79 Å². The highest BCUT2D eigenvalue weighted by Crippen LogP contribution is 2.13. The lowest BCUT2D eigenvalue weighted by atomic mass is 10.2. The maximum absolute atomic E-state index is 11.8. The van der Waals surface area contributed by atoms with Crippen LogP contribution in [0.5, 0.6) is 0 Å². The number of aromatic nitrogens is 1. The summed E-state index contributed by atoms with van der Waals surface area (Å²) >= 11 is 5.87. The molecule has 0 aliphatic rings. The van der Waals surface area contributed by atoms with E-state index >= 15 is 0 Å². The molecular weight excluding hydrogens is 236 g/mol. The second kappa shape index (κ2) is 7.03. The molecule has 0 saturated heterocycles. The van der Waals surface area contributed by atoms with Crippen LogP contribution in [0.2, 0.25) is 5.02 Å². The van der Waals surface area contributed by atoms with Crippen LogP contribution in [0.1, 0.15) is 36.7 Å². The molecule has 92 valence electrons. The standard InChI is InChI=1S/C13H17ClN2O/c1-3-5-6-7-8-15-13(17)12-9-11(14)10-16(12)4-2/h1,9-10H,4-8H2,2H3,(H,15,17). The van der Waals surface area contributed by atoms with Crippen molar-refractivity contribution >= 4 is 17.5 Å². The molecule has 0 unspecified atom stereocenters. The Labute approximate surface area is 107 Å². The molecule has 1 N–H and O–H groups in total. The molecule has 3 nitrogen and oxygen atoms in total. The van der Waals surface area contributed by atoms with Crippen LogP contribution in [-0.2, 0) is 6.54 Å². The molecule has 0 saturated carbocycles. The van der Waals surface area contributed by atoms with E-state index in [2.05, 4.69) is 11.2 Å². The minimum atomic E-state index is -0.0838. The van der Waals surface area contributed by atoms with E-state index in [9.17, 15) is 4.79 Å². The largest absolute Gasteiger partial charge is 0.351 e. The molecule has 0 radical (unpaired) electrons. The Morgan fingerprint density at radius 1 is 1.59 bits per heavy atom. The van der Waals surface area contributed by atoms with E-state index in [0.717, 1.165) is 25.8 Å². The van der Waals surface area contributed by atoms with Crippen LogP contribution in [0.15, 0.2) is 12.3 Å². The molecular formula is C13H17ClN2O. The predicted octanol–water partition coefficient (Wildman–Crippen LogP) is 2.69. The molecule has 17 heavy (non-hydrogen) atoms. The summed E-state index contributed by atoms with van der Waals surface area (Å²) in [6.07, 6.45) is 9.50. The summed E-state index contributed by atoms with van der Waals surface area (Å²) in [5.41, 5.74) is 0.606.